The molecule has 86 valence electrons. The van der Waals surface area contributed by atoms with Crippen LogP contribution in [0, 0.1) is 0 Å². The Balaban J connectivity index is 2.68. The predicted octanol–water partition coefficient (Wildman–Crippen LogP) is 0.809. The first-order valence-electron chi connectivity index (χ1n) is 5.32. The van der Waals surface area contributed by atoms with Gasteiger partial charge < -0.3 is 5.73 Å². The monoisotopic (exact) mass is 220 g/mol. The summed E-state index contributed by atoms with van der Waals surface area (Å²) in [5.74, 6) is 0. The molecule has 0 amide bonds. The van der Waals surface area contributed by atoms with Crippen LogP contribution in [-0.4, -0.2) is 21.1 Å². The van der Waals surface area contributed by atoms with Crippen LogP contribution in [0.4, 0.5) is 0 Å². The van der Waals surface area contributed by atoms with Crippen LogP contribution in [0.3, 0.4) is 0 Å². The molecule has 5 heteroatoms. The van der Waals surface area contributed by atoms with E-state index in [1.165, 1.54) is 0 Å². The molecule has 5 nitrogen and oxygen atoms in total. The van der Waals surface area contributed by atoms with Gasteiger partial charge in [0.1, 0.15) is 0 Å². The van der Waals surface area contributed by atoms with Gasteiger partial charge in [-0.3, -0.25) is 9.55 Å². The highest BCUT2D eigenvalue weighted by Gasteiger charge is 2.24. The van der Waals surface area contributed by atoms with E-state index < -0.39 is 0 Å². The highest BCUT2D eigenvalue weighted by molar-refractivity contribution is 5.70. The topological polar surface area (TPSA) is 76.7 Å². The Hall–Kier alpha value is -1.62. The van der Waals surface area contributed by atoms with Crippen molar-refractivity contribution in [2.75, 3.05) is 6.54 Å². The zero-order valence-corrected chi connectivity index (χ0v) is 9.53. The van der Waals surface area contributed by atoms with Crippen LogP contribution in [-0.2, 0) is 5.54 Å². The molecule has 0 bridgehead atoms. The Labute approximate surface area is 93.3 Å². The molecule has 0 saturated heterocycles. The van der Waals surface area contributed by atoms with Gasteiger partial charge in [0.15, 0.2) is 5.65 Å². The van der Waals surface area contributed by atoms with Crippen LogP contribution in [0.5, 0.6) is 0 Å². The molecule has 0 spiro atoms. The van der Waals surface area contributed by atoms with E-state index in [0.29, 0.717) is 12.2 Å². The number of hydrogen-bond acceptors (Lipinski definition) is 3. The molecule has 0 unspecified atom stereocenters. The lowest BCUT2D eigenvalue weighted by Gasteiger charge is -2.25. The second-order valence-corrected chi connectivity index (χ2v) is 4.49. The number of H-pyrrole nitrogens is 1. The fraction of sp³-hybridized carbons (Fsp3) is 0.455. The van der Waals surface area contributed by atoms with Gasteiger partial charge in [-0.25, -0.2) is 9.78 Å². The molecule has 2 aromatic heterocycles. The Kier molecular flexibility index (Phi) is 2.55. The zero-order chi connectivity index (χ0) is 11.8. The molecule has 0 radical (unpaired) electrons. The Morgan fingerprint density at radius 2 is 2.31 bits per heavy atom. The number of nitrogens with zero attached hydrogens (tertiary/aromatic N) is 2. The molecule has 16 heavy (non-hydrogen) atoms. The number of nitrogens with one attached hydrogen (secondary N) is 1. The molecular formula is C11H16N4O. The number of nitrogens with two attached hydrogens (primary N) is 1. The summed E-state index contributed by atoms with van der Waals surface area (Å²) < 4.78 is 1.72. The van der Waals surface area contributed by atoms with E-state index in [4.69, 9.17) is 5.73 Å². The minimum Gasteiger partial charge on any atom is -0.330 e. The molecule has 2 aromatic rings. The second-order valence-electron chi connectivity index (χ2n) is 4.49. The zero-order valence-electron chi connectivity index (χ0n) is 9.53. The first-order valence-corrected chi connectivity index (χ1v) is 5.32. The maximum absolute atomic E-state index is 11.9. The fourth-order valence-corrected chi connectivity index (χ4v) is 2.01. The van der Waals surface area contributed by atoms with Gasteiger partial charge in [0.2, 0.25) is 0 Å². The van der Waals surface area contributed by atoms with Crippen molar-refractivity contribution >= 4 is 11.2 Å². The average molecular weight is 220 g/mol. The highest BCUT2D eigenvalue weighted by Crippen LogP contribution is 2.21. The van der Waals surface area contributed by atoms with Crippen LogP contribution in [0.25, 0.3) is 11.2 Å². The molecule has 0 aliphatic carbocycles. The van der Waals surface area contributed by atoms with Crippen molar-refractivity contribution in [3.05, 3.63) is 28.8 Å². The number of aromatic nitrogens is 3. The lowest BCUT2D eigenvalue weighted by atomic mass is 10.0. The van der Waals surface area contributed by atoms with Gasteiger partial charge >= 0.3 is 5.69 Å². The Bertz CT molecular complexity index is 552. The number of rotatable bonds is 3. The second kappa shape index (κ2) is 3.75. The van der Waals surface area contributed by atoms with E-state index in [0.717, 1.165) is 11.9 Å². The smallest absolute Gasteiger partial charge is 0.328 e. The van der Waals surface area contributed by atoms with Gasteiger partial charge in [0.25, 0.3) is 0 Å². The van der Waals surface area contributed by atoms with Crippen molar-refractivity contribution in [1.29, 1.82) is 0 Å². The molecule has 0 fully saturated rings. The standard InChI is InChI=1S/C11H16N4O/c1-11(2,5-6-12)15-8-4-3-7-13-9(8)14-10(15)16/h3-4,7H,5-6,12H2,1-2H3,(H,13,14,16). The molecule has 3 N–H and O–H groups in total. The number of aromatic amines is 1. The van der Waals surface area contributed by atoms with Crippen molar-refractivity contribution in [2.24, 2.45) is 5.73 Å². The van der Waals surface area contributed by atoms with Crippen LogP contribution in [0.2, 0.25) is 0 Å². The van der Waals surface area contributed by atoms with Crippen molar-refractivity contribution < 1.29 is 0 Å². The summed E-state index contributed by atoms with van der Waals surface area (Å²) in [6, 6.07) is 3.71. The average Bonchev–Trinajstić information content (AvgIpc) is 2.53. The number of fused-ring (bicyclic) bond motifs is 1. The van der Waals surface area contributed by atoms with Gasteiger partial charge in [-0.1, -0.05) is 0 Å². The molecule has 2 rings (SSSR count). The van der Waals surface area contributed by atoms with Crippen molar-refractivity contribution in [1.82, 2.24) is 14.5 Å². The van der Waals surface area contributed by atoms with Crippen LogP contribution in [0.1, 0.15) is 20.3 Å². The van der Waals surface area contributed by atoms with Crippen molar-refractivity contribution in [2.45, 2.75) is 25.8 Å². The molecule has 0 aromatic carbocycles. The summed E-state index contributed by atoms with van der Waals surface area (Å²) in [5.41, 5.74) is 6.59. The summed E-state index contributed by atoms with van der Waals surface area (Å²) >= 11 is 0. The number of pyridine rings is 1. The summed E-state index contributed by atoms with van der Waals surface area (Å²) in [7, 11) is 0. The molecular weight excluding hydrogens is 204 g/mol. The maximum Gasteiger partial charge on any atom is 0.328 e. The van der Waals surface area contributed by atoms with Gasteiger partial charge in [-0.2, -0.15) is 0 Å². The van der Waals surface area contributed by atoms with E-state index in [1.807, 2.05) is 26.0 Å². The first-order chi connectivity index (χ1) is 7.56. The highest BCUT2D eigenvalue weighted by atomic mass is 16.1. The van der Waals surface area contributed by atoms with Crippen LogP contribution >= 0.6 is 0 Å². The molecule has 0 aliphatic heterocycles. The third-order valence-electron chi connectivity index (χ3n) is 2.82. The minimum absolute atomic E-state index is 0.132. The summed E-state index contributed by atoms with van der Waals surface area (Å²) in [4.78, 5) is 18.8. The van der Waals surface area contributed by atoms with E-state index in [-0.39, 0.29) is 11.2 Å². The fourth-order valence-electron chi connectivity index (χ4n) is 2.01. The third-order valence-corrected chi connectivity index (χ3v) is 2.82. The quantitative estimate of drug-likeness (QED) is 0.803. The Morgan fingerprint density at radius 3 is 3.00 bits per heavy atom. The lowest BCUT2D eigenvalue weighted by molar-refractivity contribution is 0.334. The SMILES string of the molecule is CC(C)(CCN)n1c(=O)[nH]c2ncccc21. The van der Waals surface area contributed by atoms with Gasteiger partial charge in [-0.15, -0.1) is 0 Å². The number of hydrogen-bond donors (Lipinski definition) is 2. The van der Waals surface area contributed by atoms with Crippen LogP contribution < -0.4 is 11.4 Å². The van der Waals surface area contributed by atoms with Gasteiger partial charge in [0, 0.05) is 11.7 Å². The maximum atomic E-state index is 11.9. The molecule has 2 heterocycles. The van der Waals surface area contributed by atoms with Crippen molar-refractivity contribution in [3.8, 4) is 0 Å². The Morgan fingerprint density at radius 1 is 1.56 bits per heavy atom. The summed E-state index contributed by atoms with van der Waals surface area (Å²) in [6.07, 6.45) is 2.41. The molecule has 0 saturated carbocycles. The normalized spacial score (nSPS) is 12.2. The molecule has 0 atom stereocenters. The molecule has 0 aliphatic rings. The number of imidazole rings is 1. The van der Waals surface area contributed by atoms with E-state index in [1.54, 1.807) is 10.8 Å². The minimum atomic E-state index is -0.298. The van der Waals surface area contributed by atoms with Crippen molar-refractivity contribution in [3.63, 3.8) is 0 Å². The van der Waals surface area contributed by atoms with E-state index in [2.05, 4.69) is 9.97 Å². The summed E-state index contributed by atoms with van der Waals surface area (Å²) in [6.45, 7) is 4.55. The predicted molar refractivity (Wildman–Crippen MR) is 63.3 cm³/mol. The third kappa shape index (κ3) is 1.63. The lowest BCUT2D eigenvalue weighted by Crippen LogP contribution is -2.36. The van der Waals surface area contributed by atoms with Crippen LogP contribution in [0.15, 0.2) is 23.1 Å². The van der Waals surface area contributed by atoms with Gasteiger partial charge in [-0.05, 0) is 38.9 Å². The van der Waals surface area contributed by atoms with E-state index in [9.17, 15) is 4.79 Å². The summed E-state index contributed by atoms with van der Waals surface area (Å²) in [5, 5.41) is 0. The van der Waals surface area contributed by atoms with E-state index >= 15 is 0 Å². The first kappa shape index (κ1) is 10.9. The largest absolute Gasteiger partial charge is 0.330 e. The van der Waals surface area contributed by atoms with Gasteiger partial charge in [0.05, 0.1) is 5.52 Å².